The third-order valence-corrected chi connectivity index (χ3v) is 5.59. The molecule has 0 radical (unpaired) electrons. The van der Waals surface area contributed by atoms with Crippen LogP contribution in [0.25, 0.3) is 17.2 Å². The van der Waals surface area contributed by atoms with Crippen molar-refractivity contribution in [2.45, 2.75) is 19.3 Å². The van der Waals surface area contributed by atoms with Gasteiger partial charge >= 0.3 is 0 Å². The zero-order valence-electron chi connectivity index (χ0n) is 16.7. The van der Waals surface area contributed by atoms with Gasteiger partial charge in [0.05, 0.1) is 17.6 Å². The SMILES string of the molecule is Cc1nn(-c2nncc(-c3ccc(Cl)cc3)n2)c2c1[C@H](c1cccc(F)c1F)CC(=O)N2. The van der Waals surface area contributed by atoms with Crippen LogP contribution >= 0.6 is 11.6 Å². The molecule has 7 nitrogen and oxygen atoms in total. The van der Waals surface area contributed by atoms with Gasteiger partial charge in [-0.15, -0.1) is 5.10 Å². The minimum Gasteiger partial charge on any atom is -0.310 e. The van der Waals surface area contributed by atoms with E-state index in [0.29, 0.717) is 27.8 Å². The first-order valence-corrected chi connectivity index (χ1v) is 10.1. The molecule has 32 heavy (non-hydrogen) atoms. The Morgan fingerprint density at radius 1 is 1.16 bits per heavy atom. The molecule has 0 unspecified atom stereocenters. The van der Waals surface area contributed by atoms with Gasteiger partial charge in [-0.3, -0.25) is 4.79 Å². The van der Waals surface area contributed by atoms with E-state index in [4.69, 9.17) is 11.6 Å². The van der Waals surface area contributed by atoms with Gasteiger partial charge in [0.25, 0.3) is 5.95 Å². The summed E-state index contributed by atoms with van der Waals surface area (Å²) in [4.78, 5) is 17.0. The van der Waals surface area contributed by atoms with Gasteiger partial charge in [-0.05, 0) is 30.7 Å². The van der Waals surface area contributed by atoms with Crippen molar-refractivity contribution >= 4 is 23.3 Å². The molecular formula is C22H15ClF2N6O. The molecule has 1 aliphatic heterocycles. The first kappa shape index (κ1) is 20.2. The van der Waals surface area contributed by atoms with Crippen molar-refractivity contribution in [1.29, 1.82) is 0 Å². The Morgan fingerprint density at radius 2 is 1.94 bits per heavy atom. The predicted octanol–water partition coefficient (Wildman–Crippen LogP) is 4.44. The van der Waals surface area contributed by atoms with E-state index in [2.05, 4.69) is 25.6 Å². The molecule has 160 valence electrons. The fourth-order valence-corrected chi connectivity index (χ4v) is 4.02. The number of fused-ring (bicyclic) bond motifs is 1. The highest BCUT2D eigenvalue weighted by molar-refractivity contribution is 6.30. The second-order valence-electron chi connectivity index (χ2n) is 7.36. The van der Waals surface area contributed by atoms with Crippen LogP contribution in [-0.2, 0) is 4.79 Å². The highest BCUT2D eigenvalue weighted by atomic mass is 35.5. The predicted molar refractivity (Wildman–Crippen MR) is 114 cm³/mol. The molecule has 1 aliphatic rings. The number of aromatic nitrogens is 5. The second-order valence-corrected chi connectivity index (χ2v) is 7.79. The Labute approximate surface area is 186 Å². The van der Waals surface area contributed by atoms with Crippen LogP contribution in [0.15, 0.2) is 48.7 Å². The smallest absolute Gasteiger partial charge is 0.272 e. The molecule has 1 N–H and O–H groups in total. The fraction of sp³-hybridized carbons (Fsp3) is 0.136. The van der Waals surface area contributed by atoms with Gasteiger partial charge in [0.2, 0.25) is 5.91 Å². The van der Waals surface area contributed by atoms with Crippen LogP contribution < -0.4 is 5.32 Å². The third kappa shape index (κ3) is 3.40. The van der Waals surface area contributed by atoms with Crippen molar-refractivity contribution in [2.24, 2.45) is 0 Å². The van der Waals surface area contributed by atoms with Gasteiger partial charge in [0.1, 0.15) is 5.82 Å². The molecule has 1 atom stereocenters. The maximum absolute atomic E-state index is 14.6. The van der Waals surface area contributed by atoms with Gasteiger partial charge in [0, 0.05) is 28.5 Å². The van der Waals surface area contributed by atoms with E-state index >= 15 is 0 Å². The first-order chi connectivity index (χ1) is 15.4. The van der Waals surface area contributed by atoms with Crippen molar-refractivity contribution in [2.75, 3.05) is 5.32 Å². The van der Waals surface area contributed by atoms with Crippen LogP contribution in [0.1, 0.15) is 29.2 Å². The molecule has 10 heteroatoms. The first-order valence-electron chi connectivity index (χ1n) is 9.71. The summed E-state index contributed by atoms with van der Waals surface area (Å²) in [6, 6.07) is 11.0. The van der Waals surface area contributed by atoms with Crippen LogP contribution in [0, 0.1) is 18.6 Å². The monoisotopic (exact) mass is 452 g/mol. The average Bonchev–Trinajstić information content (AvgIpc) is 3.12. The molecule has 0 saturated heterocycles. The molecule has 0 fully saturated rings. The number of halogens is 3. The van der Waals surface area contributed by atoms with Crippen LogP contribution in [0.5, 0.6) is 0 Å². The number of hydrogen-bond acceptors (Lipinski definition) is 5. The zero-order chi connectivity index (χ0) is 22.4. The minimum atomic E-state index is -0.979. The molecule has 5 rings (SSSR count). The summed E-state index contributed by atoms with van der Waals surface area (Å²) in [6.45, 7) is 1.73. The molecule has 2 aromatic carbocycles. The number of nitrogens with one attached hydrogen (secondary N) is 1. The third-order valence-electron chi connectivity index (χ3n) is 5.34. The number of rotatable bonds is 3. The van der Waals surface area contributed by atoms with Gasteiger partial charge in [-0.1, -0.05) is 35.9 Å². The van der Waals surface area contributed by atoms with Crippen molar-refractivity contribution < 1.29 is 13.6 Å². The summed E-state index contributed by atoms with van der Waals surface area (Å²) in [7, 11) is 0. The summed E-state index contributed by atoms with van der Waals surface area (Å²) in [5.74, 6) is -2.56. The lowest BCUT2D eigenvalue weighted by Gasteiger charge is -2.24. The summed E-state index contributed by atoms with van der Waals surface area (Å²) in [5, 5.41) is 15.9. The molecule has 0 bridgehead atoms. The molecule has 2 aromatic heterocycles. The van der Waals surface area contributed by atoms with Crippen molar-refractivity contribution in [3.8, 4) is 17.2 Å². The lowest BCUT2D eigenvalue weighted by molar-refractivity contribution is -0.116. The normalized spacial score (nSPS) is 15.4. The summed E-state index contributed by atoms with van der Waals surface area (Å²) < 4.78 is 29.8. The van der Waals surface area contributed by atoms with Crippen LogP contribution in [0.3, 0.4) is 0 Å². The number of nitrogens with zero attached hydrogens (tertiary/aromatic N) is 5. The van der Waals surface area contributed by atoms with E-state index in [1.807, 2.05) is 0 Å². The maximum Gasteiger partial charge on any atom is 0.272 e. The highest BCUT2D eigenvalue weighted by Crippen LogP contribution is 2.41. The van der Waals surface area contributed by atoms with Crippen molar-refractivity contribution in [3.63, 3.8) is 0 Å². The average molecular weight is 453 g/mol. The van der Waals surface area contributed by atoms with Crippen LogP contribution in [-0.4, -0.2) is 30.9 Å². The Kier molecular flexibility index (Phi) is 4.90. The summed E-state index contributed by atoms with van der Waals surface area (Å²) in [5.41, 5.74) is 2.51. The van der Waals surface area contributed by atoms with E-state index in [0.717, 1.165) is 11.6 Å². The number of carbonyl (C=O) groups excluding carboxylic acids is 1. The number of aryl methyl sites for hydroxylation is 1. The van der Waals surface area contributed by atoms with Crippen LogP contribution in [0.4, 0.5) is 14.6 Å². The topological polar surface area (TPSA) is 85.6 Å². The van der Waals surface area contributed by atoms with E-state index < -0.39 is 17.6 Å². The Hall–Kier alpha value is -3.72. The largest absolute Gasteiger partial charge is 0.310 e. The molecule has 1 amide bonds. The van der Waals surface area contributed by atoms with Crippen molar-refractivity contribution in [3.05, 3.63) is 82.1 Å². The van der Waals surface area contributed by atoms with Crippen LogP contribution in [0.2, 0.25) is 5.02 Å². The Balaban J connectivity index is 1.63. The lowest BCUT2D eigenvalue weighted by atomic mass is 9.85. The molecule has 4 aromatic rings. The van der Waals surface area contributed by atoms with Gasteiger partial charge in [0.15, 0.2) is 11.6 Å². The summed E-state index contributed by atoms with van der Waals surface area (Å²) in [6.07, 6.45) is 1.46. The highest BCUT2D eigenvalue weighted by Gasteiger charge is 2.35. The fourth-order valence-electron chi connectivity index (χ4n) is 3.89. The molecule has 0 aliphatic carbocycles. The summed E-state index contributed by atoms with van der Waals surface area (Å²) >= 11 is 5.95. The van der Waals surface area contributed by atoms with Gasteiger partial charge < -0.3 is 5.32 Å². The molecule has 3 heterocycles. The molecule has 0 spiro atoms. The standard InChI is InChI=1S/C22H15ClF2N6O/c1-11-19-15(14-3-2-4-16(24)20(14)25)9-18(32)28-21(19)31(30-11)22-27-17(10-26-29-22)12-5-7-13(23)8-6-12/h2-8,10,15H,9H2,1H3,(H,28,32)/t15-/m0/s1. The number of hydrogen-bond donors (Lipinski definition) is 1. The number of benzene rings is 2. The number of carbonyl (C=O) groups is 1. The van der Waals surface area contributed by atoms with E-state index in [1.54, 1.807) is 31.2 Å². The number of anilines is 1. The maximum atomic E-state index is 14.6. The zero-order valence-corrected chi connectivity index (χ0v) is 17.4. The number of amides is 1. The Morgan fingerprint density at radius 3 is 2.72 bits per heavy atom. The second kappa shape index (κ2) is 7.76. The van der Waals surface area contributed by atoms with E-state index in [9.17, 15) is 13.6 Å². The van der Waals surface area contributed by atoms with Gasteiger partial charge in [-0.25, -0.2) is 13.8 Å². The lowest BCUT2D eigenvalue weighted by Crippen LogP contribution is -2.26. The Bertz CT molecular complexity index is 1360. The van der Waals surface area contributed by atoms with Crippen molar-refractivity contribution in [1.82, 2.24) is 25.0 Å². The van der Waals surface area contributed by atoms with E-state index in [1.165, 1.54) is 23.0 Å². The molecular weight excluding hydrogens is 438 g/mol. The van der Waals surface area contributed by atoms with E-state index in [-0.39, 0.29) is 23.8 Å². The molecule has 0 saturated carbocycles. The quantitative estimate of drug-likeness (QED) is 0.496. The van der Waals surface area contributed by atoms with Gasteiger partial charge in [-0.2, -0.15) is 14.9 Å². The minimum absolute atomic E-state index is 0.0379.